The maximum atomic E-state index is 13.7. The first-order valence-corrected chi connectivity index (χ1v) is 11.7. The largest absolute Gasteiger partial charge is 0.486 e. The molecular weight excluding hydrogens is 388 g/mol. The lowest BCUT2D eigenvalue weighted by molar-refractivity contribution is -0.136. The molecule has 5 rings (SSSR count). The molecule has 164 valence electrons. The number of aryl methyl sites for hydroxylation is 1. The van der Waals surface area contributed by atoms with Crippen LogP contribution in [0, 0.1) is 5.92 Å². The van der Waals surface area contributed by atoms with Crippen molar-refractivity contribution in [3.8, 4) is 11.5 Å². The molecular formula is C26H32N2O3. The molecule has 2 aliphatic heterocycles. The highest BCUT2D eigenvalue weighted by Gasteiger charge is 2.29. The maximum absolute atomic E-state index is 13.7. The Balaban J connectivity index is 1.31. The summed E-state index contributed by atoms with van der Waals surface area (Å²) in [6.07, 6.45) is 5.34. The number of carbonyl (C=O) groups excluding carboxylic acids is 1. The number of benzene rings is 2. The number of likely N-dealkylation sites (tertiary alicyclic amines) is 1. The van der Waals surface area contributed by atoms with Crippen LogP contribution in [0.25, 0.3) is 0 Å². The van der Waals surface area contributed by atoms with E-state index >= 15 is 0 Å². The third-order valence-corrected chi connectivity index (χ3v) is 6.87. The Hall–Kier alpha value is -2.53. The zero-order chi connectivity index (χ0) is 21.0. The molecule has 1 aliphatic carbocycles. The number of hydrogen-bond acceptors (Lipinski definition) is 4. The average molecular weight is 421 g/mol. The number of amides is 1. The summed E-state index contributed by atoms with van der Waals surface area (Å²) < 4.78 is 11.4. The predicted molar refractivity (Wildman–Crippen MR) is 120 cm³/mol. The lowest BCUT2D eigenvalue weighted by Crippen LogP contribution is -2.42. The van der Waals surface area contributed by atoms with Crippen molar-refractivity contribution in [3.63, 3.8) is 0 Å². The minimum absolute atomic E-state index is 0.0747. The Morgan fingerprint density at radius 1 is 1.00 bits per heavy atom. The second-order valence-corrected chi connectivity index (χ2v) is 8.99. The predicted octanol–water partition coefficient (Wildman–Crippen LogP) is 3.69. The van der Waals surface area contributed by atoms with E-state index in [2.05, 4.69) is 40.1 Å². The minimum Gasteiger partial charge on any atom is -0.486 e. The number of hydrogen-bond donors (Lipinski definition) is 0. The van der Waals surface area contributed by atoms with Crippen molar-refractivity contribution in [2.24, 2.45) is 5.92 Å². The minimum atomic E-state index is 0.0747. The molecule has 2 aromatic carbocycles. The van der Waals surface area contributed by atoms with Crippen LogP contribution in [-0.2, 0) is 24.2 Å². The Kier molecular flexibility index (Phi) is 6.12. The molecule has 5 heteroatoms. The molecule has 0 aromatic heterocycles. The lowest BCUT2D eigenvalue weighted by atomic mass is 9.83. The fourth-order valence-electron chi connectivity index (χ4n) is 5.11. The Morgan fingerprint density at radius 3 is 2.61 bits per heavy atom. The molecule has 0 radical (unpaired) electrons. The summed E-state index contributed by atoms with van der Waals surface area (Å²) >= 11 is 0. The van der Waals surface area contributed by atoms with E-state index in [1.807, 2.05) is 12.1 Å². The topological polar surface area (TPSA) is 42.0 Å². The maximum Gasteiger partial charge on any atom is 0.226 e. The van der Waals surface area contributed by atoms with Crippen LogP contribution < -0.4 is 9.47 Å². The molecule has 1 amide bonds. The zero-order valence-corrected chi connectivity index (χ0v) is 18.2. The molecule has 0 bridgehead atoms. The first-order chi connectivity index (χ1) is 15.3. The molecule has 31 heavy (non-hydrogen) atoms. The van der Waals surface area contributed by atoms with E-state index in [1.165, 1.54) is 24.0 Å². The van der Waals surface area contributed by atoms with E-state index in [0.717, 1.165) is 62.5 Å². The van der Waals surface area contributed by atoms with Crippen molar-refractivity contribution < 1.29 is 14.3 Å². The normalized spacial score (nSPS) is 20.3. The highest BCUT2D eigenvalue weighted by atomic mass is 16.6. The number of carbonyl (C=O) groups is 1. The van der Waals surface area contributed by atoms with Crippen molar-refractivity contribution in [1.29, 1.82) is 0 Å². The standard InChI is InChI=1S/C26H32N2O3/c29-26(23-9-8-21-5-1-2-6-22(21)18-23)28(14-13-27-11-3-4-12-27)19-20-7-10-24-25(17-20)31-16-15-30-24/h1-2,5-7,10,17,23H,3-4,8-9,11-16,18-19H2/t23-/m0/s1. The summed E-state index contributed by atoms with van der Waals surface area (Å²) in [6, 6.07) is 14.7. The van der Waals surface area contributed by atoms with Gasteiger partial charge in [-0.15, -0.1) is 0 Å². The molecule has 0 unspecified atom stereocenters. The average Bonchev–Trinajstić information content (AvgIpc) is 3.34. The van der Waals surface area contributed by atoms with Gasteiger partial charge in [0.25, 0.3) is 0 Å². The van der Waals surface area contributed by atoms with Gasteiger partial charge in [0.15, 0.2) is 11.5 Å². The number of nitrogens with zero attached hydrogens (tertiary/aromatic N) is 2. The molecule has 3 aliphatic rings. The second kappa shape index (κ2) is 9.31. The van der Waals surface area contributed by atoms with Gasteiger partial charge in [-0.25, -0.2) is 0 Å². The number of ether oxygens (including phenoxy) is 2. The summed E-state index contributed by atoms with van der Waals surface area (Å²) in [6.45, 7) is 5.85. The summed E-state index contributed by atoms with van der Waals surface area (Å²) in [7, 11) is 0. The van der Waals surface area contributed by atoms with Crippen LogP contribution in [0.3, 0.4) is 0 Å². The second-order valence-electron chi connectivity index (χ2n) is 8.99. The molecule has 5 nitrogen and oxygen atoms in total. The quantitative estimate of drug-likeness (QED) is 0.715. The van der Waals surface area contributed by atoms with Gasteiger partial charge >= 0.3 is 0 Å². The van der Waals surface area contributed by atoms with Gasteiger partial charge in [0.2, 0.25) is 5.91 Å². The van der Waals surface area contributed by atoms with Gasteiger partial charge in [-0.3, -0.25) is 4.79 Å². The Bertz CT molecular complexity index is 923. The van der Waals surface area contributed by atoms with E-state index in [1.54, 1.807) is 0 Å². The third kappa shape index (κ3) is 4.72. The van der Waals surface area contributed by atoms with Crippen LogP contribution in [0.15, 0.2) is 42.5 Å². The summed E-state index contributed by atoms with van der Waals surface area (Å²) in [5.41, 5.74) is 3.85. The van der Waals surface area contributed by atoms with Crippen LogP contribution in [-0.4, -0.2) is 55.1 Å². The fourth-order valence-corrected chi connectivity index (χ4v) is 5.11. The van der Waals surface area contributed by atoms with Gasteiger partial charge in [0.1, 0.15) is 13.2 Å². The molecule has 0 N–H and O–H groups in total. The monoisotopic (exact) mass is 420 g/mol. The number of fused-ring (bicyclic) bond motifs is 2. The van der Waals surface area contributed by atoms with E-state index < -0.39 is 0 Å². The summed E-state index contributed by atoms with van der Waals surface area (Å²) in [4.78, 5) is 18.2. The van der Waals surface area contributed by atoms with Crippen LogP contribution in [0.2, 0.25) is 0 Å². The first kappa shape index (κ1) is 20.4. The van der Waals surface area contributed by atoms with Crippen LogP contribution in [0.4, 0.5) is 0 Å². The van der Waals surface area contributed by atoms with Gasteiger partial charge in [0, 0.05) is 25.6 Å². The van der Waals surface area contributed by atoms with E-state index in [-0.39, 0.29) is 5.92 Å². The van der Waals surface area contributed by atoms with Crippen molar-refractivity contribution in [2.75, 3.05) is 39.4 Å². The van der Waals surface area contributed by atoms with Crippen molar-refractivity contribution in [3.05, 3.63) is 59.2 Å². The van der Waals surface area contributed by atoms with Gasteiger partial charge in [0.05, 0.1) is 0 Å². The molecule has 2 heterocycles. The Labute approximate surface area is 184 Å². The fraction of sp³-hybridized carbons (Fsp3) is 0.500. The van der Waals surface area contributed by atoms with E-state index in [4.69, 9.17) is 9.47 Å². The lowest BCUT2D eigenvalue weighted by Gasteiger charge is -2.32. The highest BCUT2D eigenvalue weighted by Crippen LogP contribution is 2.32. The first-order valence-electron chi connectivity index (χ1n) is 11.7. The van der Waals surface area contributed by atoms with Crippen LogP contribution in [0.5, 0.6) is 11.5 Å². The van der Waals surface area contributed by atoms with Crippen molar-refractivity contribution >= 4 is 5.91 Å². The van der Waals surface area contributed by atoms with Gasteiger partial charge in [-0.1, -0.05) is 30.3 Å². The van der Waals surface area contributed by atoms with Gasteiger partial charge in [-0.2, -0.15) is 0 Å². The third-order valence-electron chi connectivity index (χ3n) is 6.87. The Morgan fingerprint density at radius 2 is 1.77 bits per heavy atom. The molecule has 0 spiro atoms. The van der Waals surface area contributed by atoms with Crippen LogP contribution in [0.1, 0.15) is 36.0 Å². The summed E-state index contributed by atoms with van der Waals surface area (Å²) in [5, 5.41) is 0. The van der Waals surface area contributed by atoms with E-state index in [9.17, 15) is 4.79 Å². The SMILES string of the molecule is O=C([C@H]1CCc2ccccc2C1)N(CCN1CCCC1)Cc1ccc2c(c1)OCCO2. The van der Waals surface area contributed by atoms with Gasteiger partial charge < -0.3 is 19.3 Å². The van der Waals surface area contributed by atoms with Crippen molar-refractivity contribution in [2.45, 2.75) is 38.6 Å². The van der Waals surface area contributed by atoms with Crippen LogP contribution >= 0.6 is 0 Å². The number of rotatable bonds is 6. The summed E-state index contributed by atoms with van der Waals surface area (Å²) in [5.74, 6) is 1.96. The zero-order valence-electron chi connectivity index (χ0n) is 18.2. The smallest absolute Gasteiger partial charge is 0.226 e. The molecule has 0 saturated carbocycles. The van der Waals surface area contributed by atoms with Gasteiger partial charge in [-0.05, 0) is 74.0 Å². The molecule has 1 atom stereocenters. The molecule has 1 fully saturated rings. The van der Waals surface area contributed by atoms with Crippen molar-refractivity contribution in [1.82, 2.24) is 9.80 Å². The highest BCUT2D eigenvalue weighted by molar-refractivity contribution is 5.79. The molecule has 2 aromatic rings. The van der Waals surface area contributed by atoms with E-state index in [0.29, 0.717) is 25.7 Å². The molecule has 1 saturated heterocycles.